The number of Topliss-reactive ketones (excluding diaryl/α,β-unsaturated/α-hetero) is 4. The van der Waals surface area contributed by atoms with Crippen molar-refractivity contribution in [1.82, 2.24) is 39.5 Å². The van der Waals surface area contributed by atoms with Gasteiger partial charge in [-0.2, -0.15) is 47.0 Å². The molecule has 8 heterocycles. The Morgan fingerprint density at radius 1 is 0.385 bits per heavy atom. The van der Waals surface area contributed by atoms with Crippen LogP contribution in [0.5, 0.6) is 0 Å². The van der Waals surface area contributed by atoms with Crippen LogP contribution in [0.1, 0.15) is 148 Å². The van der Waals surface area contributed by atoms with Gasteiger partial charge in [0.15, 0.2) is 0 Å². The van der Waals surface area contributed by atoms with Crippen LogP contribution in [0.15, 0.2) is 97.6 Å². The van der Waals surface area contributed by atoms with Crippen LogP contribution in [0.2, 0.25) is 0 Å². The van der Waals surface area contributed by atoms with Crippen LogP contribution in [0.3, 0.4) is 0 Å². The van der Waals surface area contributed by atoms with Gasteiger partial charge in [0.1, 0.15) is 23.1 Å². The van der Waals surface area contributed by atoms with Crippen molar-refractivity contribution >= 4 is 114 Å². The molecule has 96 heavy (non-hydrogen) atoms. The number of ketones is 4. The molecule has 0 radical (unpaired) electrons. The first kappa shape index (κ1) is 69.4. The zero-order chi connectivity index (χ0) is 66.7. The number of fused-ring (bicyclic) bond motifs is 8. The van der Waals surface area contributed by atoms with Crippen LogP contribution >= 0.6 is 47.0 Å². The molecule has 0 amide bonds. The molecule has 0 saturated carbocycles. The Balaban J connectivity index is 0.000000116. The lowest BCUT2D eigenvalue weighted by Gasteiger charge is -2.47. The Kier molecular flexibility index (Phi) is 22.6. The van der Waals surface area contributed by atoms with E-state index in [-0.39, 0.29) is 11.6 Å². The zero-order valence-corrected chi connectivity index (χ0v) is 61.5. The van der Waals surface area contributed by atoms with Crippen LogP contribution in [-0.4, -0.2) is 186 Å². The number of piperidine rings is 4. The number of likely N-dealkylation sites (tertiary alicyclic amines) is 4. The number of hydrogen-bond acceptors (Lipinski definition) is 12. The van der Waals surface area contributed by atoms with Crippen molar-refractivity contribution in [2.24, 2.45) is 23.7 Å². The van der Waals surface area contributed by atoms with Gasteiger partial charge in [-0.15, -0.1) is 0 Å². The summed E-state index contributed by atoms with van der Waals surface area (Å²) in [6.45, 7) is 18.4. The maximum Gasteiger partial charge on any atom is 0.139 e. The summed E-state index contributed by atoms with van der Waals surface area (Å²) in [4.78, 5) is 69.3. The van der Waals surface area contributed by atoms with Crippen molar-refractivity contribution in [1.29, 1.82) is 0 Å². The topological polar surface area (TPSA) is 144 Å². The molecule has 4 aromatic heterocycles. The largest absolute Gasteiger partial charge is 0.361 e. The fourth-order valence-electron chi connectivity index (χ4n) is 19.0. The molecule has 4 fully saturated rings. The van der Waals surface area contributed by atoms with Crippen LogP contribution in [0.4, 0.5) is 0 Å². The second-order valence-electron chi connectivity index (χ2n) is 30.0. The third-order valence-electron chi connectivity index (χ3n) is 22.6. The fraction of sp³-hybridized carbons (Fsp3) is 0.550. The summed E-state index contributed by atoms with van der Waals surface area (Å²) in [6, 6.07) is 29.5. The Labute approximate surface area is 587 Å². The number of benzene rings is 4. The van der Waals surface area contributed by atoms with Gasteiger partial charge in [0, 0.05) is 142 Å². The molecule has 4 aliphatic carbocycles. The average molecular weight is 1370 g/mol. The van der Waals surface area contributed by atoms with E-state index >= 15 is 0 Å². The van der Waals surface area contributed by atoms with E-state index in [1.807, 2.05) is 23.5 Å². The van der Waals surface area contributed by atoms with Crippen LogP contribution in [0, 0.1) is 23.7 Å². The summed E-state index contributed by atoms with van der Waals surface area (Å²) in [5, 5.41) is 5.91. The average Bonchev–Trinajstić information content (AvgIpc) is 1.49. The third kappa shape index (κ3) is 15.2. The second kappa shape index (κ2) is 31.2. The normalized spacial score (nSPS) is 26.5. The number of thioether (sulfide) groups is 4. The molecule has 4 saturated heterocycles. The predicted molar refractivity (Wildman–Crippen MR) is 408 cm³/mol. The van der Waals surface area contributed by atoms with E-state index in [1.165, 1.54) is 155 Å². The summed E-state index contributed by atoms with van der Waals surface area (Å²) in [5.41, 5.74) is 17.3. The molecule has 512 valence electrons. The summed E-state index contributed by atoms with van der Waals surface area (Å²) >= 11 is 7.26. The molecule has 4 aromatic carbocycles. The van der Waals surface area contributed by atoms with E-state index in [1.54, 1.807) is 62.3 Å². The van der Waals surface area contributed by atoms with E-state index in [2.05, 4.69) is 165 Å². The Hall–Kier alpha value is -5.04. The van der Waals surface area contributed by atoms with E-state index < -0.39 is 0 Å². The van der Waals surface area contributed by atoms with Crippen LogP contribution < -0.4 is 0 Å². The Bertz CT molecular complexity index is 3780. The summed E-state index contributed by atoms with van der Waals surface area (Å²) in [6.07, 6.45) is 21.0. The standard InChI is InChI=1S/2C21H28N2OS.2C19H24N2OS/c2*1-3-7-23-11-15(13-25-12-14(2)24)8-18-17-5-4-6-19-21(17)16(10-22-19)9-20(18)23;2*1-12(22)10-23-11-13-6-16-15-4-3-5-17-19(15)14(8-20-17)7-18(16)21(2)9-13/h2*4-6,10,15,18,20,22H,3,7-9,11-13H2,1-2H3;2*3-5,8,13,16,18,20H,6-7,9-11H2,1-2H3/t2*15-,18-,20-;2*13-,16-,18-/m1111/s1. The van der Waals surface area contributed by atoms with E-state index in [9.17, 15) is 19.2 Å². The summed E-state index contributed by atoms with van der Waals surface area (Å²) in [5.74, 6) is 13.5. The molecule has 0 spiro atoms. The Morgan fingerprint density at radius 2 is 0.646 bits per heavy atom. The van der Waals surface area contributed by atoms with Gasteiger partial charge in [0.2, 0.25) is 0 Å². The smallest absolute Gasteiger partial charge is 0.139 e. The number of aromatic nitrogens is 4. The molecule has 12 nitrogen and oxygen atoms in total. The lowest BCUT2D eigenvalue weighted by atomic mass is 9.72. The van der Waals surface area contributed by atoms with Gasteiger partial charge < -0.3 is 29.7 Å². The lowest BCUT2D eigenvalue weighted by molar-refractivity contribution is -0.115. The molecule has 4 N–H and O–H groups in total. The molecule has 8 aromatic rings. The van der Waals surface area contributed by atoms with Gasteiger partial charge in [0.05, 0.1) is 23.0 Å². The molecule has 4 aliphatic heterocycles. The van der Waals surface area contributed by atoms with Crippen LogP contribution in [-0.2, 0) is 44.9 Å². The van der Waals surface area contributed by atoms with E-state index in [4.69, 9.17) is 0 Å². The van der Waals surface area contributed by atoms with Crippen molar-refractivity contribution in [3.63, 3.8) is 0 Å². The first-order chi connectivity index (χ1) is 46.6. The van der Waals surface area contributed by atoms with Crippen molar-refractivity contribution in [3.05, 3.63) is 142 Å². The molecule has 8 aliphatic rings. The minimum absolute atomic E-state index is 0.288. The van der Waals surface area contributed by atoms with Crippen molar-refractivity contribution in [3.8, 4) is 0 Å². The summed E-state index contributed by atoms with van der Waals surface area (Å²) in [7, 11) is 4.55. The van der Waals surface area contributed by atoms with Crippen molar-refractivity contribution in [2.75, 3.05) is 99.4 Å². The number of nitrogens with one attached hydrogen (secondary N) is 4. The number of nitrogens with zero attached hydrogens (tertiary/aromatic N) is 4. The molecule has 12 atom stereocenters. The second-order valence-corrected chi connectivity index (χ2v) is 34.1. The van der Waals surface area contributed by atoms with E-state index in [0.29, 0.717) is 106 Å². The highest BCUT2D eigenvalue weighted by molar-refractivity contribution is 8.00. The molecular weight excluding hydrogens is 1270 g/mol. The molecular formula is C80H104N8O4S4. The van der Waals surface area contributed by atoms with Crippen molar-refractivity contribution in [2.45, 2.75) is 154 Å². The van der Waals surface area contributed by atoms with E-state index in [0.717, 1.165) is 48.9 Å². The van der Waals surface area contributed by atoms with Gasteiger partial charge in [-0.3, -0.25) is 29.0 Å². The highest BCUT2D eigenvalue weighted by Gasteiger charge is 2.44. The van der Waals surface area contributed by atoms with Crippen LogP contribution in [0.25, 0.3) is 43.6 Å². The molecule has 0 unspecified atom stereocenters. The third-order valence-corrected chi connectivity index (χ3v) is 27.9. The van der Waals surface area contributed by atoms with Gasteiger partial charge in [-0.05, 0) is 235 Å². The minimum atomic E-state index is 0.288. The highest BCUT2D eigenvalue weighted by Crippen LogP contribution is 2.50. The Morgan fingerprint density at radius 3 is 0.917 bits per heavy atom. The quantitative estimate of drug-likeness (QED) is 0.0577. The molecule has 16 rings (SSSR count). The number of rotatable bonds is 20. The fourth-order valence-corrected chi connectivity index (χ4v) is 22.9. The monoisotopic (exact) mass is 1370 g/mol. The number of aromatic amines is 4. The van der Waals surface area contributed by atoms with Gasteiger partial charge in [0.25, 0.3) is 0 Å². The van der Waals surface area contributed by atoms with Gasteiger partial charge in [-0.25, -0.2) is 0 Å². The van der Waals surface area contributed by atoms with Crippen molar-refractivity contribution < 1.29 is 19.2 Å². The number of H-pyrrole nitrogens is 4. The SMILES string of the molecule is CC(=O)CSC[C@@H]1C[C@@H]2c3cccc4[nH]cc(c34)C[C@H]2N(C)C1.CC(=O)CSC[C@@H]1C[C@@H]2c3cccc4[nH]cc(c34)C[C@H]2N(C)C1.CCCN1C[C@H](CSCC(C)=O)C[C@@H]2c3cccc4[nH]cc(c34)C[C@H]21.CCCN1C[C@H](CSCC(C)=O)C[C@@H]2c3cccc4[nH]cc(c34)C[C@H]21. The predicted octanol–water partition coefficient (Wildman–Crippen LogP) is 15.4. The molecule has 0 bridgehead atoms. The first-order valence-corrected chi connectivity index (χ1v) is 40.8. The summed E-state index contributed by atoms with van der Waals surface area (Å²) < 4.78 is 0. The zero-order valence-electron chi connectivity index (χ0n) is 58.2. The first-order valence-electron chi connectivity index (χ1n) is 36.1. The van der Waals surface area contributed by atoms with Gasteiger partial charge >= 0.3 is 0 Å². The van der Waals surface area contributed by atoms with Gasteiger partial charge in [-0.1, -0.05) is 62.4 Å². The highest BCUT2D eigenvalue weighted by atomic mass is 32.2. The maximum atomic E-state index is 11.3. The maximum absolute atomic E-state index is 11.3. The number of carbonyl (C=O) groups is 4. The number of likely N-dealkylation sites (N-methyl/N-ethyl adjacent to an activating group) is 2. The number of hydrogen-bond donors (Lipinski definition) is 4. The lowest BCUT2D eigenvalue weighted by Crippen LogP contribution is -2.50. The number of carbonyl (C=O) groups excluding carboxylic acids is 4. The minimum Gasteiger partial charge on any atom is -0.361 e. The molecule has 16 heteroatoms.